The topological polar surface area (TPSA) is 76.9 Å². The zero-order valence-corrected chi connectivity index (χ0v) is 18.8. The lowest BCUT2D eigenvalue weighted by atomic mass is 9.76. The smallest absolute Gasteiger partial charge is 0.253 e. The molecule has 2 heterocycles. The summed E-state index contributed by atoms with van der Waals surface area (Å²) in [5.74, 6) is -1.38. The van der Waals surface area contributed by atoms with Crippen LogP contribution in [-0.4, -0.2) is 32.5 Å². The molecule has 0 saturated carbocycles. The number of aromatic nitrogens is 3. The summed E-state index contributed by atoms with van der Waals surface area (Å²) < 4.78 is 15.5. The number of rotatable bonds is 4. The number of fused-ring (bicyclic) bond motifs is 1. The predicted molar refractivity (Wildman–Crippen MR) is 125 cm³/mol. The maximum Gasteiger partial charge on any atom is 0.253 e. The van der Waals surface area contributed by atoms with Crippen LogP contribution in [0.4, 0.5) is 4.39 Å². The van der Waals surface area contributed by atoms with E-state index in [1.807, 2.05) is 44.2 Å². The Kier molecular flexibility index (Phi) is 5.53. The van der Waals surface area contributed by atoms with E-state index >= 15 is 0 Å². The highest BCUT2D eigenvalue weighted by Crippen LogP contribution is 2.38. The van der Waals surface area contributed by atoms with Crippen LogP contribution >= 0.6 is 0 Å². The molecule has 1 amide bonds. The molecule has 4 aromatic rings. The molecule has 0 saturated heterocycles. The first-order valence-corrected chi connectivity index (χ1v) is 11.1. The zero-order valence-electron chi connectivity index (χ0n) is 18.8. The molecule has 5 rings (SSSR count). The highest BCUT2D eigenvalue weighted by molar-refractivity contribution is 5.99. The van der Waals surface area contributed by atoms with Gasteiger partial charge in [-0.2, -0.15) is 5.10 Å². The number of pyridine rings is 1. The predicted octanol–water partition coefficient (Wildman–Crippen LogP) is 4.08. The average Bonchev–Trinajstić information content (AvgIpc) is 3.16. The Morgan fingerprint density at radius 2 is 1.79 bits per heavy atom. The number of nitrogens with one attached hydrogen (secondary N) is 1. The number of carbonyl (C=O) groups is 2. The van der Waals surface area contributed by atoms with Crippen molar-refractivity contribution in [2.24, 2.45) is 0 Å². The highest BCUT2D eigenvalue weighted by atomic mass is 19.1. The van der Waals surface area contributed by atoms with Crippen molar-refractivity contribution in [3.8, 4) is 5.69 Å². The number of aryl methyl sites for hydroxylation is 2. The molecule has 2 atom stereocenters. The summed E-state index contributed by atoms with van der Waals surface area (Å²) in [7, 11) is 0. The molecular formula is C27H23FN4O2. The van der Waals surface area contributed by atoms with Gasteiger partial charge in [0.15, 0.2) is 5.78 Å². The van der Waals surface area contributed by atoms with Gasteiger partial charge < -0.3 is 5.32 Å². The molecule has 7 heteroatoms. The van der Waals surface area contributed by atoms with Crippen LogP contribution in [0.25, 0.3) is 5.69 Å². The summed E-state index contributed by atoms with van der Waals surface area (Å²) in [4.78, 5) is 30.7. The molecule has 0 fully saturated rings. The van der Waals surface area contributed by atoms with Crippen molar-refractivity contribution in [2.75, 3.05) is 0 Å². The van der Waals surface area contributed by atoms with E-state index in [0.717, 1.165) is 33.8 Å². The van der Waals surface area contributed by atoms with E-state index in [9.17, 15) is 14.0 Å². The SMILES string of the molecule is Cc1cncc(C(=O)N[C@@H]2C(=O)Cc3c(c(C)nn3-c3ccccc3)[C@@H]2c2ccc(F)cc2)c1. The first-order chi connectivity index (χ1) is 16.4. The molecule has 1 aliphatic carbocycles. The molecule has 0 bridgehead atoms. The molecule has 2 aromatic heterocycles. The summed E-state index contributed by atoms with van der Waals surface area (Å²) >= 11 is 0. The van der Waals surface area contributed by atoms with Crippen LogP contribution in [0.5, 0.6) is 0 Å². The second-order valence-electron chi connectivity index (χ2n) is 8.57. The number of halogens is 1. The number of ketones is 1. The van der Waals surface area contributed by atoms with Crippen LogP contribution < -0.4 is 5.32 Å². The van der Waals surface area contributed by atoms with E-state index in [1.165, 1.54) is 18.3 Å². The third-order valence-corrected chi connectivity index (χ3v) is 6.19. The highest BCUT2D eigenvalue weighted by Gasteiger charge is 2.41. The Balaban J connectivity index is 1.62. The van der Waals surface area contributed by atoms with Crippen molar-refractivity contribution in [1.82, 2.24) is 20.1 Å². The second-order valence-corrected chi connectivity index (χ2v) is 8.57. The molecule has 34 heavy (non-hydrogen) atoms. The third-order valence-electron chi connectivity index (χ3n) is 6.19. The molecule has 170 valence electrons. The fourth-order valence-electron chi connectivity index (χ4n) is 4.67. The normalized spacial score (nSPS) is 17.3. The summed E-state index contributed by atoms with van der Waals surface area (Å²) in [5, 5.41) is 7.67. The van der Waals surface area contributed by atoms with Gasteiger partial charge in [-0.1, -0.05) is 30.3 Å². The molecule has 0 radical (unpaired) electrons. The monoisotopic (exact) mass is 454 g/mol. The van der Waals surface area contributed by atoms with Crippen molar-refractivity contribution in [2.45, 2.75) is 32.2 Å². The molecule has 0 unspecified atom stereocenters. The Labute approximate surface area is 196 Å². The number of Topliss-reactive ketones (excluding diaryl/α,β-unsaturated/α-hetero) is 1. The summed E-state index contributed by atoms with van der Waals surface area (Å²) in [6.45, 7) is 3.75. The standard InChI is InChI=1S/C27H23FN4O2/c1-16-12-19(15-29-14-16)27(34)30-26-23(33)13-22-24(25(26)18-8-10-20(28)11-9-18)17(2)31-32(22)21-6-4-3-5-7-21/h3-12,14-15,25-26H,13H2,1-2H3,(H,30,34)/t25-,26+/m0/s1. The quantitative estimate of drug-likeness (QED) is 0.504. The molecule has 0 spiro atoms. The lowest BCUT2D eigenvalue weighted by Crippen LogP contribution is -2.48. The van der Waals surface area contributed by atoms with Gasteiger partial charge >= 0.3 is 0 Å². The third kappa shape index (κ3) is 3.90. The van der Waals surface area contributed by atoms with Crippen molar-refractivity contribution in [3.05, 3.63) is 113 Å². The maximum atomic E-state index is 13.7. The van der Waals surface area contributed by atoms with E-state index in [2.05, 4.69) is 10.3 Å². The van der Waals surface area contributed by atoms with Crippen LogP contribution in [-0.2, 0) is 11.2 Å². The van der Waals surface area contributed by atoms with Gasteiger partial charge in [-0.3, -0.25) is 14.6 Å². The Hall–Kier alpha value is -4.13. The van der Waals surface area contributed by atoms with Crippen molar-refractivity contribution >= 4 is 11.7 Å². The van der Waals surface area contributed by atoms with Gasteiger partial charge in [-0.15, -0.1) is 0 Å². The van der Waals surface area contributed by atoms with Crippen LogP contribution in [0, 0.1) is 19.7 Å². The summed E-state index contributed by atoms with van der Waals surface area (Å²) in [5.41, 5.74) is 5.24. The first kappa shape index (κ1) is 21.7. The van der Waals surface area contributed by atoms with E-state index < -0.39 is 12.0 Å². The van der Waals surface area contributed by atoms with E-state index in [0.29, 0.717) is 5.56 Å². The molecule has 6 nitrogen and oxygen atoms in total. The Morgan fingerprint density at radius 1 is 1.06 bits per heavy atom. The van der Waals surface area contributed by atoms with Crippen LogP contribution in [0.2, 0.25) is 0 Å². The number of hydrogen-bond donors (Lipinski definition) is 1. The average molecular weight is 455 g/mol. The van der Waals surface area contributed by atoms with E-state index in [4.69, 9.17) is 5.10 Å². The van der Waals surface area contributed by atoms with Crippen LogP contribution in [0.15, 0.2) is 73.1 Å². The Morgan fingerprint density at radius 3 is 2.50 bits per heavy atom. The van der Waals surface area contributed by atoms with E-state index in [-0.39, 0.29) is 23.9 Å². The number of para-hydroxylation sites is 1. The number of hydrogen-bond acceptors (Lipinski definition) is 4. The van der Waals surface area contributed by atoms with Gasteiger partial charge in [0.05, 0.1) is 35.1 Å². The second kappa shape index (κ2) is 8.67. The van der Waals surface area contributed by atoms with Gasteiger partial charge in [-0.05, 0) is 55.3 Å². The van der Waals surface area contributed by atoms with Crippen LogP contribution in [0.3, 0.4) is 0 Å². The van der Waals surface area contributed by atoms with Gasteiger partial charge in [0.1, 0.15) is 5.82 Å². The lowest BCUT2D eigenvalue weighted by Gasteiger charge is -2.32. The Bertz CT molecular complexity index is 1380. The van der Waals surface area contributed by atoms with Crippen molar-refractivity contribution in [3.63, 3.8) is 0 Å². The summed E-state index contributed by atoms with van der Waals surface area (Å²) in [6, 6.07) is 16.6. The largest absolute Gasteiger partial charge is 0.341 e. The molecule has 0 aliphatic heterocycles. The molecule has 1 N–H and O–H groups in total. The van der Waals surface area contributed by atoms with Crippen molar-refractivity contribution in [1.29, 1.82) is 0 Å². The maximum absolute atomic E-state index is 13.7. The fraction of sp³-hybridized carbons (Fsp3) is 0.185. The van der Waals surface area contributed by atoms with E-state index in [1.54, 1.807) is 29.1 Å². The minimum absolute atomic E-state index is 0.125. The number of carbonyl (C=O) groups excluding carboxylic acids is 2. The minimum Gasteiger partial charge on any atom is -0.341 e. The number of benzene rings is 2. The van der Waals surface area contributed by atoms with Gasteiger partial charge in [0.25, 0.3) is 5.91 Å². The number of amides is 1. The lowest BCUT2D eigenvalue weighted by molar-refractivity contribution is -0.121. The molecule has 2 aromatic carbocycles. The van der Waals surface area contributed by atoms with Crippen molar-refractivity contribution < 1.29 is 14.0 Å². The van der Waals surface area contributed by atoms with Gasteiger partial charge in [0, 0.05) is 23.9 Å². The molecule has 1 aliphatic rings. The van der Waals surface area contributed by atoms with Crippen LogP contribution in [0.1, 0.15) is 44.4 Å². The number of nitrogens with zero attached hydrogens (tertiary/aromatic N) is 3. The molecular weight excluding hydrogens is 431 g/mol. The first-order valence-electron chi connectivity index (χ1n) is 11.1. The summed E-state index contributed by atoms with van der Waals surface area (Å²) in [6.07, 6.45) is 3.27. The minimum atomic E-state index is -0.821. The van der Waals surface area contributed by atoms with Gasteiger partial charge in [0.2, 0.25) is 0 Å². The fourth-order valence-corrected chi connectivity index (χ4v) is 4.67. The van der Waals surface area contributed by atoms with Gasteiger partial charge in [-0.25, -0.2) is 9.07 Å². The zero-order chi connectivity index (χ0) is 23.8.